The lowest BCUT2D eigenvalue weighted by atomic mass is 9.94. The molecule has 1 amide bonds. The van der Waals surface area contributed by atoms with Gasteiger partial charge >= 0.3 is 0 Å². The first kappa shape index (κ1) is 16.5. The number of likely N-dealkylation sites (tertiary alicyclic amines) is 1. The first-order valence-electron chi connectivity index (χ1n) is 8.57. The Morgan fingerprint density at radius 3 is 2.77 bits per heavy atom. The van der Waals surface area contributed by atoms with Gasteiger partial charge in [0.2, 0.25) is 0 Å². The van der Waals surface area contributed by atoms with Gasteiger partial charge in [-0.1, -0.05) is 18.2 Å². The summed E-state index contributed by atoms with van der Waals surface area (Å²) < 4.78 is 0. The lowest BCUT2D eigenvalue weighted by Gasteiger charge is -2.16. The number of aromatic hydroxyl groups is 1. The SMILES string of the molecule is O=C(c1ccc(O)cn1)N1C[C@@H](Cc2ccnc3ccccc23)[C@@H](O)C1. The molecule has 0 spiro atoms. The van der Waals surface area contributed by atoms with Crippen LogP contribution in [-0.2, 0) is 6.42 Å². The molecule has 2 N–H and O–H groups in total. The third kappa shape index (κ3) is 3.11. The number of carbonyl (C=O) groups excluding carboxylic acids is 1. The number of hydrogen-bond acceptors (Lipinski definition) is 5. The maximum absolute atomic E-state index is 12.6. The Morgan fingerprint density at radius 2 is 1.96 bits per heavy atom. The minimum Gasteiger partial charge on any atom is -0.506 e. The minimum atomic E-state index is -0.581. The quantitative estimate of drug-likeness (QED) is 0.755. The Balaban J connectivity index is 1.52. The molecule has 0 bridgehead atoms. The number of aromatic nitrogens is 2. The van der Waals surface area contributed by atoms with E-state index in [0.717, 1.165) is 16.5 Å². The fraction of sp³-hybridized carbons (Fsp3) is 0.250. The third-order valence-corrected chi connectivity index (χ3v) is 4.88. The van der Waals surface area contributed by atoms with Crippen molar-refractivity contribution in [1.29, 1.82) is 0 Å². The van der Waals surface area contributed by atoms with Crippen LogP contribution in [0.3, 0.4) is 0 Å². The zero-order valence-corrected chi connectivity index (χ0v) is 14.1. The van der Waals surface area contributed by atoms with Crippen molar-refractivity contribution in [2.75, 3.05) is 13.1 Å². The summed E-state index contributed by atoms with van der Waals surface area (Å²) in [4.78, 5) is 22.5. The van der Waals surface area contributed by atoms with Crippen LogP contribution in [0.2, 0.25) is 0 Å². The van der Waals surface area contributed by atoms with Gasteiger partial charge in [-0.05, 0) is 36.2 Å². The van der Waals surface area contributed by atoms with E-state index in [2.05, 4.69) is 9.97 Å². The molecule has 6 heteroatoms. The molecule has 1 fully saturated rings. The summed E-state index contributed by atoms with van der Waals surface area (Å²) >= 11 is 0. The molecule has 0 saturated carbocycles. The summed E-state index contributed by atoms with van der Waals surface area (Å²) in [7, 11) is 0. The van der Waals surface area contributed by atoms with Crippen molar-refractivity contribution in [3.8, 4) is 5.75 Å². The zero-order chi connectivity index (χ0) is 18.1. The Morgan fingerprint density at radius 1 is 1.12 bits per heavy atom. The maximum Gasteiger partial charge on any atom is 0.272 e. The van der Waals surface area contributed by atoms with Crippen LogP contribution < -0.4 is 0 Å². The van der Waals surface area contributed by atoms with Gasteiger partial charge in [-0.3, -0.25) is 9.78 Å². The van der Waals surface area contributed by atoms with Crippen molar-refractivity contribution in [3.05, 3.63) is 66.1 Å². The van der Waals surface area contributed by atoms with Crippen molar-refractivity contribution < 1.29 is 15.0 Å². The van der Waals surface area contributed by atoms with Crippen LogP contribution in [0.1, 0.15) is 16.1 Å². The first-order chi connectivity index (χ1) is 12.6. The number of pyridine rings is 2. The van der Waals surface area contributed by atoms with Gasteiger partial charge in [-0.25, -0.2) is 4.98 Å². The van der Waals surface area contributed by atoms with Crippen molar-refractivity contribution in [3.63, 3.8) is 0 Å². The lowest BCUT2D eigenvalue weighted by Crippen LogP contribution is -2.30. The number of aliphatic hydroxyl groups excluding tert-OH is 1. The van der Waals surface area contributed by atoms with E-state index in [-0.39, 0.29) is 29.8 Å². The highest BCUT2D eigenvalue weighted by atomic mass is 16.3. The van der Waals surface area contributed by atoms with Gasteiger partial charge in [0.1, 0.15) is 11.4 Å². The molecule has 132 valence electrons. The maximum atomic E-state index is 12.6. The Bertz CT molecular complexity index is 937. The van der Waals surface area contributed by atoms with Crippen molar-refractivity contribution >= 4 is 16.8 Å². The van der Waals surface area contributed by atoms with E-state index in [0.29, 0.717) is 13.0 Å². The van der Waals surface area contributed by atoms with Crippen molar-refractivity contribution in [1.82, 2.24) is 14.9 Å². The van der Waals surface area contributed by atoms with Gasteiger partial charge in [0.25, 0.3) is 5.91 Å². The van der Waals surface area contributed by atoms with E-state index in [4.69, 9.17) is 0 Å². The number of hydrogen-bond donors (Lipinski definition) is 2. The monoisotopic (exact) mass is 349 g/mol. The molecule has 1 aromatic carbocycles. The second-order valence-corrected chi connectivity index (χ2v) is 6.63. The summed E-state index contributed by atoms with van der Waals surface area (Å²) in [5, 5.41) is 20.8. The fourth-order valence-corrected chi connectivity index (χ4v) is 3.51. The molecular formula is C20H19N3O3. The molecule has 4 rings (SSSR count). The predicted molar refractivity (Wildman–Crippen MR) is 96.7 cm³/mol. The van der Waals surface area contributed by atoms with E-state index in [1.807, 2.05) is 30.3 Å². The Labute approximate surface area is 150 Å². The summed E-state index contributed by atoms with van der Waals surface area (Å²) in [5.41, 5.74) is 2.32. The highest BCUT2D eigenvalue weighted by Crippen LogP contribution is 2.26. The number of benzene rings is 1. The van der Waals surface area contributed by atoms with Gasteiger partial charge in [0, 0.05) is 30.6 Å². The van der Waals surface area contributed by atoms with Gasteiger partial charge < -0.3 is 15.1 Å². The molecule has 0 unspecified atom stereocenters. The number of β-amino-alcohol motifs (C(OH)–C–C–N with tert-alkyl or cyclic N) is 1. The fourth-order valence-electron chi connectivity index (χ4n) is 3.51. The highest BCUT2D eigenvalue weighted by Gasteiger charge is 2.35. The summed E-state index contributed by atoms with van der Waals surface area (Å²) in [5.74, 6) is -0.251. The smallest absolute Gasteiger partial charge is 0.272 e. The molecular weight excluding hydrogens is 330 g/mol. The summed E-state index contributed by atoms with van der Waals surface area (Å²) in [6.07, 6.45) is 3.13. The predicted octanol–water partition coefficient (Wildman–Crippen LogP) is 2.01. The Kier molecular flexibility index (Phi) is 4.26. The average Bonchev–Trinajstić information content (AvgIpc) is 3.03. The molecule has 1 aliphatic heterocycles. The molecule has 0 aliphatic carbocycles. The average molecular weight is 349 g/mol. The summed E-state index contributed by atoms with van der Waals surface area (Å²) in [6.45, 7) is 0.758. The third-order valence-electron chi connectivity index (χ3n) is 4.88. The van der Waals surface area contributed by atoms with Gasteiger partial charge in [0.15, 0.2) is 0 Å². The van der Waals surface area contributed by atoms with Crippen LogP contribution in [-0.4, -0.2) is 50.2 Å². The first-order valence-corrected chi connectivity index (χ1v) is 8.57. The second kappa shape index (κ2) is 6.72. The molecule has 2 aromatic heterocycles. The van der Waals surface area contributed by atoms with Gasteiger partial charge in [-0.15, -0.1) is 0 Å². The number of rotatable bonds is 3. The van der Waals surface area contributed by atoms with E-state index >= 15 is 0 Å². The summed E-state index contributed by atoms with van der Waals surface area (Å²) in [6, 6.07) is 12.8. The minimum absolute atomic E-state index is 0.0189. The molecule has 6 nitrogen and oxygen atoms in total. The highest BCUT2D eigenvalue weighted by molar-refractivity contribution is 5.92. The number of aliphatic hydroxyl groups is 1. The van der Waals surface area contributed by atoms with Crippen LogP contribution in [0.15, 0.2) is 54.9 Å². The molecule has 3 heterocycles. The number of amides is 1. The van der Waals surface area contributed by atoms with E-state index in [9.17, 15) is 15.0 Å². The second-order valence-electron chi connectivity index (χ2n) is 6.63. The Hall–Kier alpha value is -2.99. The van der Waals surface area contributed by atoms with E-state index < -0.39 is 6.10 Å². The van der Waals surface area contributed by atoms with Gasteiger partial charge in [-0.2, -0.15) is 0 Å². The molecule has 2 atom stereocenters. The van der Waals surface area contributed by atoms with E-state index in [1.165, 1.54) is 18.3 Å². The molecule has 3 aromatic rings. The molecule has 1 saturated heterocycles. The largest absolute Gasteiger partial charge is 0.506 e. The van der Waals surface area contributed by atoms with Crippen molar-refractivity contribution in [2.24, 2.45) is 5.92 Å². The number of nitrogens with zero attached hydrogens (tertiary/aromatic N) is 3. The van der Waals surface area contributed by atoms with Crippen LogP contribution in [0.25, 0.3) is 10.9 Å². The van der Waals surface area contributed by atoms with Crippen LogP contribution in [0.4, 0.5) is 0 Å². The van der Waals surface area contributed by atoms with Crippen LogP contribution >= 0.6 is 0 Å². The lowest BCUT2D eigenvalue weighted by molar-refractivity contribution is 0.0759. The zero-order valence-electron chi connectivity index (χ0n) is 14.1. The molecule has 0 radical (unpaired) electrons. The molecule has 26 heavy (non-hydrogen) atoms. The van der Waals surface area contributed by atoms with Crippen LogP contribution in [0.5, 0.6) is 5.75 Å². The van der Waals surface area contributed by atoms with E-state index in [1.54, 1.807) is 11.1 Å². The number of para-hydroxylation sites is 1. The van der Waals surface area contributed by atoms with Gasteiger partial charge in [0.05, 0.1) is 17.8 Å². The normalized spacial score (nSPS) is 19.8. The number of fused-ring (bicyclic) bond motifs is 1. The van der Waals surface area contributed by atoms with Crippen molar-refractivity contribution in [2.45, 2.75) is 12.5 Å². The molecule has 1 aliphatic rings. The number of carbonyl (C=O) groups is 1. The topological polar surface area (TPSA) is 86.5 Å². The van der Waals surface area contributed by atoms with Crippen LogP contribution in [0, 0.1) is 5.92 Å². The standard InChI is InChI=1S/C20H19N3O3/c24-15-5-6-18(22-10-15)20(26)23-11-14(19(25)12-23)9-13-7-8-21-17-4-2-1-3-16(13)17/h1-8,10,14,19,24-25H,9,11-12H2/t14-,19+/m1/s1.